The number of rotatable bonds is 2. The Kier molecular flexibility index (Phi) is 3.61. The maximum absolute atomic E-state index is 13.5. The third kappa shape index (κ3) is 2.56. The Bertz CT molecular complexity index is 534. The average molecular weight is 319 g/mol. The molecule has 0 bridgehead atoms. The Balaban J connectivity index is 2.42. The molecule has 1 aromatic carbocycles. The minimum atomic E-state index is -1.14. The van der Waals surface area contributed by atoms with E-state index >= 15 is 0 Å². The molecule has 2 aromatic rings. The Morgan fingerprint density at radius 3 is 2.59 bits per heavy atom. The third-order valence-corrected chi connectivity index (χ3v) is 4.59. The van der Waals surface area contributed by atoms with Gasteiger partial charge in [0.05, 0.1) is 3.79 Å². The first kappa shape index (κ1) is 12.7. The van der Waals surface area contributed by atoms with Gasteiger partial charge in [0.25, 0.3) is 0 Å². The summed E-state index contributed by atoms with van der Waals surface area (Å²) >= 11 is 4.64. The van der Waals surface area contributed by atoms with Gasteiger partial charge < -0.3 is 5.11 Å². The summed E-state index contributed by atoms with van der Waals surface area (Å²) in [5, 5.41) is 10.0. The molecule has 1 nitrogen and oxygen atoms in total. The summed E-state index contributed by atoms with van der Waals surface area (Å²) in [5.74, 6) is -1.17. The van der Waals surface area contributed by atoms with Crippen molar-refractivity contribution in [2.45, 2.75) is 13.0 Å². The number of aliphatic hydroxyl groups is 1. The van der Waals surface area contributed by atoms with Crippen LogP contribution in [0.25, 0.3) is 0 Å². The SMILES string of the molecule is Cc1cc(C(O)c2cc(F)ccc2F)sc1Br. The molecule has 0 amide bonds. The molecule has 1 N–H and O–H groups in total. The predicted octanol–water partition coefficient (Wildman–Crippen LogP) is 4.18. The Labute approximate surface area is 110 Å². The van der Waals surface area contributed by atoms with E-state index in [1.54, 1.807) is 6.07 Å². The smallest absolute Gasteiger partial charge is 0.129 e. The van der Waals surface area contributed by atoms with Gasteiger partial charge in [-0.3, -0.25) is 0 Å². The van der Waals surface area contributed by atoms with Crippen LogP contribution in [0, 0.1) is 18.6 Å². The summed E-state index contributed by atoms with van der Waals surface area (Å²) in [6, 6.07) is 4.82. The highest BCUT2D eigenvalue weighted by Crippen LogP contribution is 2.35. The Morgan fingerprint density at radius 1 is 1.29 bits per heavy atom. The first-order chi connectivity index (χ1) is 7.99. The van der Waals surface area contributed by atoms with Gasteiger partial charge in [0.2, 0.25) is 0 Å². The molecule has 5 heteroatoms. The molecule has 1 atom stereocenters. The lowest BCUT2D eigenvalue weighted by molar-refractivity contribution is 0.218. The van der Waals surface area contributed by atoms with Crippen LogP contribution in [-0.2, 0) is 0 Å². The van der Waals surface area contributed by atoms with Crippen molar-refractivity contribution < 1.29 is 13.9 Å². The predicted molar refractivity (Wildman–Crippen MR) is 67.2 cm³/mol. The molecule has 17 heavy (non-hydrogen) atoms. The lowest BCUT2D eigenvalue weighted by Crippen LogP contribution is -2.01. The van der Waals surface area contributed by atoms with Gasteiger partial charge in [0.15, 0.2) is 0 Å². The maximum atomic E-state index is 13.5. The molecule has 0 spiro atoms. The van der Waals surface area contributed by atoms with Crippen molar-refractivity contribution in [3.8, 4) is 0 Å². The van der Waals surface area contributed by atoms with E-state index in [2.05, 4.69) is 15.9 Å². The van der Waals surface area contributed by atoms with Crippen molar-refractivity contribution in [2.75, 3.05) is 0 Å². The summed E-state index contributed by atoms with van der Waals surface area (Å²) in [7, 11) is 0. The molecule has 0 aliphatic carbocycles. The van der Waals surface area contributed by atoms with Crippen molar-refractivity contribution in [3.63, 3.8) is 0 Å². The van der Waals surface area contributed by atoms with Crippen LogP contribution in [0.4, 0.5) is 8.78 Å². The van der Waals surface area contributed by atoms with Crippen LogP contribution >= 0.6 is 27.3 Å². The average Bonchev–Trinajstić information content (AvgIpc) is 2.62. The quantitative estimate of drug-likeness (QED) is 0.880. The molecule has 0 aliphatic rings. The molecule has 1 aromatic heterocycles. The van der Waals surface area contributed by atoms with E-state index < -0.39 is 17.7 Å². The maximum Gasteiger partial charge on any atom is 0.129 e. The number of thiophene rings is 1. The summed E-state index contributed by atoms with van der Waals surface area (Å²) in [6.07, 6.45) is -1.14. The van der Waals surface area contributed by atoms with Crippen LogP contribution < -0.4 is 0 Å². The largest absolute Gasteiger partial charge is 0.383 e. The number of hydrogen-bond donors (Lipinski definition) is 1. The van der Waals surface area contributed by atoms with Crippen molar-refractivity contribution >= 4 is 27.3 Å². The standard InChI is InChI=1S/C12H9BrF2OS/c1-6-4-10(17-12(6)13)11(16)8-5-7(14)2-3-9(8)15/h2-5,11,16H,1H3. The van der Waals surface area contributed by atoms with Crippen LogP contribution in [0.3, 0.4) is 0 Å². The van der Waals surface area contributed by atoms with E-state index in [9.17, 15) is 13.9 Å². The van der Waals surface area contributed by atoms with E-state index in [-0.39, 0.29) is 5.56 Å². The highest BCUT2D eigenvalue weighted by molar-refractivity contribution is 9.11. The Hall–Kier alpha value is -0.780. The van der Waals surface area contributed by atoms with Crippen LogP contribution in [-0.4, -0.2) is 5.11 Å². The fourth-order valence-corrected chi connectivity index (χ4v) is 3.07. The molecule has 1 unspecified atom stereocenters. The summed E-state index contributed by atoms with van der Waals surface area (Å²) in [6.45, 7) is 1.87. The van der Waals surface area contributed by atoms with Gasteiger partial charge in [0.1, 0.15) is 17.7 Å². The van der Waals surface area contributed by atoms with Crippen LogP contribution in [0.5, 0.6) is 0 Å². The first-order valence-electron chi connectivity index (χ1n) is 4.88. The molecule has 0 aliphatic heterocycles. The van der Waals surface area contributed by atoms with Crippen molar-refractivity contribution in [3.05, 3.63) is 55.7 Å². The highest BCUT2D eigenvalue weighted by Gasteiger charge is 2.18. The molecule has 0 radical (unpaired) electrons. The summed E-state index contributed by atoms with van der Waals surface area (Å²) in [4.78, 5) is 0.582. The molecular formula is C12H9BrF2OS. The van der Waals surface area contributed by atoms with Crippen molar-refractivity contribution in [2.24, 2.45) is 0 Å². The zero-order valence-electron chi connectivity index (χ0n) is 8.88. The van der Waals surface area contributed by atoms with Gasteiger partial charge in [-0.1, -0.05) is 0 Å². The van der Waals surface area contributed by atoms with Gasteiger partial charge in [-0.15, -0.1) is 11.3 Å². The normalized spacial score (nSPS) is 12.8. The zero-order chi connectivity index (χ0) is 12.6. The minimum absolute atomic E-state index is 0.0428. The Morgan fingerprint density at radius 2 is 2.00 bits per heavy atom. The second-order valence-electron chi connectivity index (χ2n) is 3.67. The second-order valence-corrected chi connectivity index (χ2v) is 6.08. The van der Waals surface area contributed by atoms with Crippen molar-refractivity contribution in [1.82, 2.24) is 0 Å². The number of aryl methyl sites for hydroxylation is 1. The number of hydrogen-bond acceptors (Lipinski definition) is 2. The summed E-state index contributed by atoms with van der Waals surface area (Å²) in [5.41, 5.74) is 0.916. The molecule has 2 rings (SSSR count). The number of benzene rings is 1. The number of aliphatic hydroxyl groups excluding tert-OH is 1. The van der Waals surface area contributed by atoms with E-state index in [0.29, 0.717) is 4.88 Å². The third-order valence-electron chi connectivity index (χ3n) is 2.40. The van der Waals surface area contributed by atoms with Gasteiger partial charge in [-0.25, -0.2) is 8.78 Å². The molecule has 1 heterocycles. The van der Waals surface area contributed by atoms with E-state index in [1.165, 1.54) is 11.3 Å². The van der Waals surface area contributed by atoms with Gasteiger partial charge in [-0.2, -0.15) is 0 Å². The topological polar surface area (TPSA) is 20.2 Å². The van der Waals surface area contributed by atoms with Gasteiger partial charge >= 0.3 is 0 Å². The van der Waals surface area contributed by atoms with Gasteiger partial charge in [-0.05, 0) is 52.7 Å². The zero-order valence-corrected chi connectivity index (χ0v) is 11.3. The number of halogens is 3. The van der Waals surface area contributed by atoms with E-state index in [4.69, 9.17) is 0 Å². The second kappa shape index (κ2) is 4.84. The summed E-state index contributed by atoms with van der Waals surface area (Å²) < 4.78 is 27.4. The minimum Gasteiger partial charge on any atom is -0.383 e. The molecule has 90 valence electrons. The highest BCUT2D eigenvalue weighted by atomic mass is 79.9. The lowest BCUT2D eigenvalue weighted by Gasteiger charge is -2.09. The molecule has 0 saturated heterocycles. The molecule has 0 saturated carbocycles. The fourth-order valence-electron chi connectivity index (χ4n) is 1.50. The molecule has 0 fully saturated rings. The first-order valence-corrected chi connectivity index (χ1v) is 6.49. The van der Waals surface area contributed by atoms with E-state index in [0.717, 1.165) is 27.5 Å². The van der Waals surface area contributed by atoms with Crippen LogP contribution in [0.15, 0.2) is 28.1 Å². The van der Waals surface area contributed by atoms with Crippen LogP contribution in [0.2, 0.25) is 0 Å². The van der Waals surface area contributed by atoms with Crippen LogP contribution in [0.1, 0.15) is 22.1 Å². The van der Waals surface area contributed by atoms with E-state index in [1.807, 2.05) is 6.92 Å². The lowest BCUT2D eigenvalue weighted by atomic mass is 10.1. The van der Waals surface area contributed by atoms with Crippen molar-refractivity contribution in [1.29, 1.82) is 0 Å². The van der Waals surface area contributed by atoms with Gasteiger partial charge in [0, 0.05) is 10.4 Å². The monoisotopic (exact) mass is 318 g/mol. The molecular weight excluding hydrogens is 310 g/mol. The fraction of sp³-hybridized carbons (Fsp3) is 0.167.